The molecule has 0 atom stereocenters. The molecule has 1 N–H and O–H groups in total. The molecule has 2 aromatic rings. The third kappa shape index (κ3) is 5.93. The molecule has 0 unspecified atom stereocenters. The molecule has 1 heterocycles. The van der Waals surface area contributed by atoms with Crippen LogP contribution in [0.1, 0.15) is 61.7 Å². The van der Waals surface area contributed by atoms with E-state index < -0.39 is 5.82 Å². The van der Waals surface area contributed by atoms with Crippen molar-refractivity contribution in [3.8, 4) is 23.3 Å². The van der Waals surface area contributed by atoms with Crippen molar-refractivity contribution in [1.82, 2.24) is 4.90 Å². The van der Waals surface area contributed by atoms with Crippen LogP contribution in [0.15, 0.2) is 24.3 Å². The Morgan fingerprint density at radius 3 is 2.43 bits per heavy atom. The lowest BCUT2D eigenvalue weighted by Gasteiger charge is -2.23. The third-order valence-electron chi connectivity index (χ3n) is 5.51. The van der Waals surface area contributed by atoms with Gasteiger partial charge in [0.1, 0.15) is 17.7 Å². The van der Waals surface area contributed by atoms with Crippen molar-refractivity contribution in [2.45, 2.75) is 46.6 Å². The van der Waals surface area contributed by atoms with E-state index in [1.165, 1.54) is 0 Å². The first-order valence-electron chi connectivity index (χ1n) is 11.2. The minimum Gasteiger partial charge on any atom is -0.490 e. The van der Waals surface area contributed by atoms with Gasteiger partial charge in [-0.25, -0.2) is 4.39 Å². The number of benzene rings is 2. The van der Waals surface area contributed by atoms with Crippen molar-refractivity contribution in [2.75, 3.05) is 26.4 Å². The lowest BCUT2D eigenvalue weighted by molar-refractivity contribution is 0.0962. The first-order chi connectivity index (χ1) is 16.1. The first-order valence-corrected chi connectivity index (χ1v) is 11.2. The summed E-state index contributed by atoms with van der Waals surface area (Å²) in [5.74, 6) is -0.0638. The Balaban J connectivity index is 0.00000432. The van der Waals surface area contributed by atoms with Crippen LogP contribution in [-0.4, -0.2) is 42.9 Å². The maximum Gasteiger partial charge on any atom is 0.197 e. The molecule has 1 aliphatic heterocycles. The molecule has 0 saturated carbocycles. The Labute approximate surface area is 216 Å². The highest BCUT2D eigenvalue weighted by molar-refractivity contribution is 8.93. The molecule has 188 valence electrons. The number of nitriles is 1. The van der Waals surface area contributed by atoms with Gasteiger partial charge in [-0.05, 0) is 49.1 Å². The second kappa shape index (κ2) is 11.5. The number of hydrogen-bond acceptors (Lipinski definition) is 6. The molecule has 0 bridgehead atoms. The number of fused-ring (bicyclic) bond motifs is 1. The molecule has 0 spiro atoms. The summed E-state index contributed by atoms with van der Waals surface area (Å²) in [6.07, 6.45) is 0. The van der Waals surface area contributed by atoms with Gasteiger partial charge in [-0.1, -0.05) is 20.8 Å². The quantitative estimate of drug-likeness (QED) is 0.421. The number of nitrogens with zero attached hydrogens (tertiary/aromatic N) is 2. The second-order valence-corrected chi connectivity index (χ2v) is 8.95. The molecule has 0 aromatic heterocycles. The zero-order valence-electron chi connectivity index (χ0n) is 20.7. The number of carbonyl (C=O) groups is 1. The van der Waals surface area contributed by atoms with E-state index in [2.05, 4.69) is 0 Å². The van der Waals surface area contributed by atoms with Crippen LogP contribution in [0.2, 0.25) is 0 Å². The molecule has 0 amide bonds. The molecule has 1 aliphatic rings. The number of amidine groups is 1. The van der Waals surface area contributed by atoms with Crippen LogP contribution in [-0.2, 0) is 12.0 Å². The minimum absolute atomic E-state index is 0. The lowest BCUT2D eigenvalue weighted by atomic mass is 9.85. The molecular weight excluding hydrogens is 517 g/mol. The highest BCUT2D eigenvalue weighted by Crippen LogP contribution is 2.39. The van der Waals surface area contributed by atoms with Gasteiger partial charge in [0, 0.05) is 17.7 Å². The first kappa shape index (κ1) is 28.1. The van der Waals surface area contributed by atoms with Crippen LogP contribution in [0.5, 0.6) is 17.2 Å². The molecule has 9 heteroatoms. The summed E-state index contributed by atoms with van der Waals surface area (Å²) in [5.41, 5.74) is 1.67. The smallest absolute Gasteiger partial charge is 0.197 e. The standard InChI is InChI=1S/C26H30FN3O4.BrH/c1-6-32-21-13-17-14-30(25(29)22(17)23(27)24(21)33-7-2)15-19(31)16-8-9-20(34-11-10-28)18(12-16)26(3,4)5;/h8-9,12-13,29H,6-7,11,14-15H2,1-5H3;1H. The molecule has 3 rings (SSSR count). The summed E-state index contributed by atoms with van der Waals surface area (Å²) in [7, 11) is 0. The van der Waals surface area contributed by atoms with E-state index in [0.29, 0.717) is 29.2 Å². The van der Waals surface area contributed by atoms with Crippen molar-refractivity contribution in [3.63, 3.8) is 0 Å². The fraction of sp³-hybridized carbons (Fsp3) is 0.423. The van der Waals surface area contributed by atoms with Crippen molar-refractivity contribution in [1.29, 1.82) is 10.7 Å². The topological polar surface area (TPSA) is 95.6 Å². The third-order valence-corrected chi connectivity index (χ3v) is 5.51. The van der Waals surface area contributed by atoms with E-state index in [1.807, 2.05) is 26.8 Å². The fourth-order valence-electron chi connectivity index (χ4n) is 3.95. The fourth-order valence-corrected chi connectivity index (χ4v) is 3.95. The van der Waals surface area contributed by atoms with Gasteiger partial charge < -0.3 is 19.1 Å². The van der Waals surface area contributed by atoms with Gasteiger partial charge in [0.05, 0.1) is 25.3 Å². The van der Waals surface area contributed by atoms with Gasteiger partial charge in [0.25, 0.3) is 0 Å². The van der Waals surface area contributed by atoms with Crippen molar-refractivity contribution in [3.05, 3.63) is 52.3 Å². The van der Waals surface area contributed by atoms with Crippen molar-refractivity contribution in [2.24, 2.45) is 0 Å². The maximum absolute atomic E-state index is 15.3. The summed E-state index contributed by atoms with van der Waals surface area (Å²) < 4.78 is 31.8. The number of halogens is 2. The number of hydrogen-bond donors (Lipinski definition) is 1. The van der Waals surface area contributed by atoms with Gasteiger partial charge in [-0.3, -0.25) is 10.2 Å². The Morgan fingerprint density at radius 1 is 1.14 bits per heavy atom. The minimum atomic E-state index is -0.642. The predicted molar refractivity (Wildman–Crippen MR) is 137 cm³/mol. The van der Waals surface area contributed by atoms with E-state index in [-0.39, 0.29) is 71.6 Å². The van der Waals surface area contributed by atoms with E-state index >= 15 is 4.39 Å². The van der Waals surface area contributed by atoms with Gasteiger partial charge in [0.2, 0.25) is 0 Å². The second-order valence-electron chi connectivity index (χ2n) is 8.95. The SMILES string of the molecule is Br.CCOc1cc2c(c(F)c1OCC)C(=N)N(CC(=O)c1ccc(OCC#N)c(C(C)(C)C)c1)C2. The van der Waals surface area contributed by atoms with E-state index in [0.717, 1.165) is 5.56 Å². The lowest BCUT2D eigenvalue weighted by Crippen LogP contribution is -2.30. The van der Waals surface area contributed by atoms with E-state index in [9.17, 15) is 4.79 Å². The predicted octanol–water partition coefficient (Wildman–Crippen LogP) is 5.42. The van der Waals surface area contributed by atoms with Crippen LogP contribution in [0.3, 0.4) is 0 Å². The van der Waals surface area contributed by atoms with Crippen LogP contribution in [0.4, 0.5) is 4.39 Å². The van der Waals surface area contributed by atoms with Crippen LogP contribution >= 0.6 is 17.0 Å². The summed E-state index contributed by atoms with van der Waals surface area (Å²) in [6.45, 7) is 10.2. The van der Waals surface area contributed by atoms with Gasteiger partial charge in [-0.15, -0.1) is 17.0 Å². The molecule has 7 nitrogen and oxygen atoms in total. The number of ketones is 1. The Kier molecular flexibility index (Phi) is 9.27. The summed E-state index contributed by atoms with van der Waals surface area (Å²) >= 11 is 0. The van der Waals surface area contributed by atoms with E-state index in [4.69, 9.17) is 24.9 Å². The highest BCUT2D eigenvalue weighted by atomic mass is 79.9. The molecule has 0 saturated heterocycles. The monoisotopic (exact) mass is 547 g/mol. The molecule has 0 fully saturated rings. The molecular formula is C26H31BrFN3O4. The molecule has 0 radical (unpaired) electrons. The highest BCUT2D eigenvalue weighted by Gasteiger charge is 2.33. The van der Waals surface area contributed by atoms with Crippen LogP contribution < -0.4 is 14.2 Å². The number of rotatable bonds is 9. The number of carbonyl (C=O) groups excluding carboxylic acids is 1. The average Bonchev–Trinajstić information content (AvgIpc) is 3.09. The molecule has 35 heavy (non-hydrogen) atoms. The molecule has 0 aliphatic carbocycles. The molecule has 2 aromatic carbocycles. The number of ether oxygens (including phenoxy) is 3. The summed E-state index contributed by atoms with van der Waals surface area (Å²) in [5, 5.41) is 17.4. The zero-order chi connectivity index (χ0) is 25.0. The van der Waals surface area contributed by atoms with Crippen LogP contribution in [0.25, 0.3) is 0 Å². The van der Waals surface area contributed by atoms with Gasteiger partial charge in [0.15, 0.2) is 29.7 Å². The Bertz CT molecular complexity index is 1150. The van der Waals surface area contributed by atoms with Gasteiger partial charge in [-0.2, -0.15) is 5.26 Å². The van der Waals surface area contributed by atoms with Crippen molar-refractivity contribution >= 4 is 28.6 Å². The maximum atomic E-state index is 15.3. The summed E-state index contributed by atoms with van der Waals surface area (Å²) in [6, 6.07) is 8.75. The number of nitrogens with one attached hydrogen (secondary N) is 1. The van der Waals surface area contributed by atoms with E-state index in [1.54, 1.807) is 43.0 Å². The normalized spacial score (nSPS) is 12.5. The largest absolute Gasteiger partial charge is 0.490 e. The van der Waals surface area contributed by atoms with Crippen LogP contribution in [0, 0.1) is 22.6 Å². The number of Topliss-reactive ketones (excluding diaryl/α,β-unsaturated/α-hetero) is 1. The summed E-state index contributed by atoms with van der Waals surface area (Å²) in [4.78, 5) is 14.7. The Morgan fingerprint density at radius 2 is 1.83 bits per heavy atom. The van der Waals surface area contributed by atoms with Crippen molar-refractivity contribution < 1.29 is 23.4 Å². The zero-order valence-corrected chi connectivity index (χ0v) is 22.4. The Hall–Kier alpha value is -3.12. The average molecular weight is 548 g/mol. The van der Waals surface area contributed by atoms with Gasteiger partial charge >= 0.3 is 0 Å².